The predicted octanol–water partition coefficient (Wildman–Crippen LogP) is 4.76. The first kappa shape index (κ1) is 13.7. The fraction of sp³-hybridized carbons (Fsp3) is 0.857. The van der Waals surface area contributed by atoms with E-state index in [2.05, 4.69) is 55.0 Å². The van der Waals surface area contributed by atoms with E-state index in [4.69, 9.17) is 0 Å². The Kier molecular flexibility index (Phi) is 5.48. The zero-order valence-electron chi connectivity index (χ0n) is 11.1. The molecule has 0 fully saturated rings. The van der Waals surface area contributed by atoms with E-state index in [0.717, 1.165) is 17.8 Å². The fourth-order valence-electron chi connectivity index (χ4n) is 2.56. The van der Waals surface area contributed by atoms with Crippen molar-refractivity contribution in [2.75, 3.05) is 0 Å². The highest BCUT2D eigenvalue weighted by Gasteiger charge is 2.27. The van der Waals surface area contributed by atoms with Crippen LogP contribution in [0, 0.1) is 29.6 Å². The lowest BCUT2D eigenvalue weighted by Crippen LogP contribution is -2.26. The van der Waals surface area contributed by atoms with Crippen molar-refractivity contribution in [1.29, 1.82) is 0 Å². The highest BCUT2D eigenvalue weighted by atomic mass is 14.3. The van der Waals surface area contributed by atoms with Crippen molar-refractivity contribution in [2.45, 2.75) is 48.5 Å². The summed E-state index contributed by atoms with van der Waals surface area (Å²) in [6, 6.07) is 0. The van der Waals surface area contributed by atoms with E-state index < -0.39 is 0 Å². The summed E-state index contributed by atoms with van der Waals surface area (Å²) in [7, 11) is 0. The summed E-state index contributed by atoms with van der Waals surface area (Å²) in [5, 5.41) is 0. The van der Waals surface area contributed by atoms with Crippen molar-refractivity contribution in [3.8, 4) is 0 Å². The van der Waals surface area contributed by atoms with Crippen molar-refractivity contribution in [2.24, 2.45) is 29.6 Å². The minimum absolute atomic E-state index is 0.674. The Morgan fingerprint density at radius 2 is 1.21 bits per heavy atom. The summed E-state index contributed by atoms with van der Waals surface area (Å²) >= 11 is 0. The molecule has 0 heterocycles. The van der Waals surface area contributed by atoms with Crippen LogP contribution in [0.25, 0.3) is 0 Å². The summed E-state index contributed by atoms with van der Waals surface area (Å²) in [5.41, 5.74) is 1.35. The molecule has 0 aliphatic heterocycles. The second-order valence-electron chi connectivity index (χ2n) is 5.58. The van der Waals surface area contributed by atoms with Crippen molar-refractivity contribution in [1.82, 2.24) is 0 Å². The molecule has 0 N–H and O–H groups in total. The molecule has 0 aromatic rings. The molecule has 0 saturated heterocycles. The summed E-state index contributed by atoms with van der Waals surface area (Å²) in [6.07, 6.45) is 0. The van der Waals surface area contributed by atoms with Gasteiger partial charge < -0.3 is 0 Å². The van der Waals surface area contributed by atoms with Gasteiger partial charge in [0.15, 0.2) is 0 Å². The van der Waals surface area contributed by atoms with Crippen molar-refractivity contribution in [3.05, 3.63) is 12.2 Å². The van der Waals surface area contributed by atoms with Gasteiger partial charge in [-0.2, -0.15) is 0 Å². The summed E-state index contributed by atoms with van der Waals surface area (Å²) in [6.45, 7) is 20.3. The molecule has 0 nitrogen and oxygen atoms in total. The molecule has 3 unspecified atom stereocenters. The van der Waals surface area contributed by atoms with Gasteiger partial charge in [0.1, 0.15) is 0 Å². The SMILES string of the molecule is C=C(C)C(C(C)C)C(C)C(C)C(C)C. The van der Waals surface area contributed by atoms with Gasteiger partial charge in [-0.05, 0) is 36.5 Å². The van der Waals surface area contributed by atoms with Crippen LogP contribution in [-0.2, 0) is 0 Å². The Balaban J connectivity index is 4.59. The number of allylic oxidation sites excluding steroid dienone is 1. The van der Waals surface area contributed by atoms with Crippen molar-refractivity contribution < 1.29 is 0 Å². The second-order valence-corrected chi connectivity index (χ2v) is 5.58. The molecule has 84 valence electrons. The monoisotopic (exact) mass is 196 g/mol. The van der Waals surface area contributed by atoms with Crippen LogP contribution in [0.5, 0.6) is 0 Å². The minimum Gasteiger partial charge on any atom is -0.0998 e. The maximum atomic E-state index is 4.14. The molecule has 3 atom stereocenters. The number of rotatable bonds is 5. The third kappa shape index (κ3) is 3.48. The smallest absolute Gasteiger partial charge is 0.0157 e. The molecule has 0 radical (unpaired) electrons. The zero-order chi connectivity index (χ0) is 11.5. The third-order valence-corrected chi connectivity index (χ3v) is 3.73. The first-order valence-electron chi connectivity index (χ1n) is 5.94. The summed E-state index contributed by atoms with van der Waals surface area (Å²) < 4.78 is 0. The average Bonchev–Trinajstić information content (AvgIpc) is 2.01. The van der Waals surface area contributed by atoms with E-state index >= 15 is 0 Å². The summed E-state index contributed by atoms with van der Waals surface area (Å²) in [4.78, 5) is 0. The van der Waals surface area contributed by atoms with Crippen LogP contribution in [0.2, 0.25) is 0 Å². The first-order valence-corrected chi connectivity index (χ1v) is 5.94. The maximum absolute atomic E-state index is 4.14. The van der Waals surface area contributed by atoms with Gasteiger partial charge in [-0.15, -0.1) is 0 Å². The van der Waals surface area contributed by atoms with Gasteiger partial charge in [0.25, 0.3) is 0 Å². The minimum atomic E-state index is 0.674. The van der Waals surface area contributed by atoms with Gasteiger partial charge in [-0.25, -0.2) is 0 Å². The molecule has 14 heavy (non-hydrogen) atoms. The van der Waals surface area contributed by atoms with Gasteiger partial charge in [-0.3, -0.25) is 0 Å². The molecule has 0 aromatic carbocycles. The van der Waals surface area contributed by atoms with Crippen molar-refractivity contribution >= 4 is 0 Å². The topological polar surface area (TPSA) is 0 Å². The molecule has 0 aliphatic carbocycles. The standard InChI is InChI=1S/C14H28/c1-9(2)12(7)13(8)14(10(3)4)11(5)6/h9,11-14H,3H2,1-2,4-8H3. The Morgan fingerprint density at radius 1 is 0.786 bits per heavy atom. The Bertz CT molecular complexity index is 176. The van der Waals surface area contributed by atoms with E-state index in [0.29, 0.717) is 11.8 Å². The highest BCUT2D eigenvalue weighted by Crippen LogP contribution is 2.35. The largest absolute Gasteiger partial charge is 0.0998 e. The van der Waals surface area contributed by atoms with Crippen LogP contribution in [0.15, 0.2) is 12.2 Å². The average molecular weight is 196 g/mol. The highest BCUT2D eigenvalue weighted by molar-refractivity contribution is 5.00. The third-order valence-electron chi connectivity index (χ3n) is 3.73. The Morgan fingerprint density at radius 3 is 1.43 bits per heavy atom. The van der Waals surface area contributed by atoms with Gasteiger partial charge in [0, 0.05) is 0 Å². The Hall–Kier alpha value is -0.260. The predicted molar refractivity (Wildman–Crippen MR) is 66.3 cm³/mol. The molecule has 0 bridgehead atoms. The quantitative estimate of drug-likeness (QED) is 0.556. The molecule has 0 spiro atoms. The lowest BCUT2D eigenvalue weighted by Gasteiger charge is -2.34. The zero-order valence-corrected chi connectivity index (χ0v) is 11.1. The molecular weight excluding hydrogens is 168 g/mol. The van der Waals surface area contributed by atoms with Crippen molar-refractivity contribution in [3.63, 3.8) is 0 Å². The molecule has 0 amide bonds. The van der Waals surface area contributed by atoms with Crippen LogP contribution < -0.4 is 0 Å². The lowest BCUT2D eigenvalue weighted by molar-refractivity contribution is 0.196. The van der Waals surface area contributed by atoms with Gasteiger partial charge in [-0.1, -0.05) is 53.7 Å². The van der Waals surface area contributed by atoms with Crippen LogP contribution in [0.1, 0.15) is 48.5 Å². The Labute approximate surface area is 90.8 Å². The van der Waals surface area contributed by atoms with Crippen LogP contribution in [-0.4, -0.2) is 0 Å². The summed E-state index contributed by atoms with van der Waals surface area (Å²) in [5.74, 6) is 3.67. The van der Waals surface area contributed by atoms with Gasteiger partial charge >= 0.3 is 0 Å². The van der Waals surface area contributed by atoms with Gasteiger partial charge in [0.05, 0.1) is 0 Å². The van der Waals surface area contributed by atoms with E-state index in [1.807, 2.05) is 0 Å². The van der Waals surface area contributed by atoms with E-state index in [1.165, 1.54) is 5.57 Å². The van der Waals surface area contributed by atoms with E-state index in [1.54, 1.807) is 0 Å². The fourth-order valence-corrected chi connectivity index (χ4v) is 2.56. The van der Waals surface area contributed by atoms with Crippen LogP contribution in [0.3, 0.4) is 0 Å². The van der Waals surface area contributed by atoms with Crippen LogP contribution >= 0.6 is 0 Å². The number of hydrogen-bond acceptors (Lipinski definition) is 0. The van der Waals surface area contributed by atoms with Crippen LogP contribution in [0.4, 0.5) is 0 Å². The number of hydrogen-bond donors (Lipinski definition) is 0. The van der Waals surface area contributed by atoms with E-state index in [9.17, 15) is 0 Å². The first-order chi connectivity index (χ1) is 6.29. The van der Waals surface area contributed by atoms with E-state index in [-0.39, 0.29) is 0 Å². The molecule has 0 aliphatic rings. The normalized spacial score (nSPS) is 18.4. The molecule has 0 rings (SSSR count). The molecule has 0 aromatic heterocycles. The second kappa shape index (κ2) is 5.58. The molecule has 0 heteroatoms. The maximum Gasteiger partial charge on any atom is -0.0157 e. The van der Waals surface area contributed by atoms with Gasteiger partial charge in [0.2, 0.25) is 0 Å². The lowest BCUT2D eigenvalue weighted by atomic mass is 9.71. The molecule has 0 saturated carbocycles. The molecular formula is C14H28.